The molecule has 2 atom stereocenters. The zero-order chi connectivity index (χ0) is 46.2. The van der Waals surface area contributed by atoms with Crippen LogP contribution >= 0.6 is 11.3 Å². The summed E-state index contributed by atoms with van der Waals surface area (Å²) in [5, 5.41) is 2.59. The minimum Gasteiger partial charge on any atom is -0.493 e. The van der Waals surface area contributed by atoms with Crippen LogP contribution in [-0.2, 0) is 51.3 Å². The van der Waals surface area contributed by atoms with Gasteiger partial charge in [0.25, 0.3) is 11.8 Å². The third-order valence-corrected chi connectivity index (χ3v) is 10.8. The number of benzene rings is 2. The van der Waals surface area contributed by atoms with Gasteiger partial charge < -0.3 is 44.4 Å². The Morgan fingerprint density at radius 1 is 0.857 bits per heavy atom. The minimum atomic E-state index is -1.24. The number of ketones is 1. The van der Waals surface area contributed by atoms with Gasteiger partial charge in [0.15, 0.2) is 40.4 Å². The van der Waals surface area contributed by atoms with Crippen molar-refractivity contribution in [1.29, 1.82) is 0 Å². The fraction of sp³-hybridized carbons (Fsp3) is 0.465. The highest BCUT2D eigenvalue weighted by atomic mass is 32.1. The zero-order valence-corrected chi connectivity index (χ0v) is 36.6. The Balaban J connectivity index is 1.10. The molecule has 2 aliphatic rings. The fourth-order valence-electron chi connectivity index (χ4n) is 6.69. The third-order valence-electron chi connectivity index (χ3n) is 9.72. The molecule has 5 rings (SSSR count). The van der Waals surface area contributed by atoms with Gasteiger partial charge in [-0.25, -0.2) is 8.78 Å². The number of thiophene rings is 1. The lowest BCUT2D eigenvalue weighted by atomic mass is 10.1. The summed E-state index contributed by atoms with van der Waals surface area (Å²) in [5.41, 5.74) is 5.75. The summed E-state index contributed by atoms with van der Waals surface area (Å²) in [6, 6.07) is 3.24. The van der Waals surface area contributed by atoms with Gasteiger partial charge in [-0.15, -0.1) is 11.3 Å². The Labute approximate surface area is 365 Å². The van der Waals surface area contributed by atoms with Crippen molar-refractivity contribution >= 4 is 62.8 Å². The lowest BCUT2D eigenvalue weighted by Crippen LogP contribution is -2.54. The molecule has 63 heavy (non-hydrogen) atoms. The Morgan fingerprint density at radius 2 is 1.48 bits per heavy atom. The number of fused-ring (bicyclic) bond motifs is 2. The number of nitrogens with zero attached hydrogens (tertiary/aromatic N) is 2. The summed E-state index contributed by atoms with van der Waals surface area (Å²) < 4.78 is 64.9. The maximum atomic E-state index is 15.9. The van der Waals surface area contributed by atoms with Crippen LogP contribution in [0.4, 0.5) is 8.78 Å². The standard InChI is InChI=1S/C43H50F2N4O13S/c1-23(20-47-42(56)27(19-46)49-34(52)9-10-35(49)53)61-36(54)12-8-28(50)32-17-25-31(63-32)18-30(58-6)41(38(25)44)60-15-7-14-59-40-29(57-5)16-24-21-48(22-26(24)39(40)45)33(51)11-13-37(55)62-43(2,3)4/h9-10,16-18,23,27H,7-8,11-15,19-22,46H2,1-6H3,(H,47,56)/t23-,27-/m0/s1. The van der Waals surface area contributed by atoms with E-state index in [1.165, 1.54) is 38.2 Å². The topological polar surface area (TPSA) is 219 Å². The second-order valence-electron chi connectivity index (χ2n) is 15.6. The number of halogens is 2. The second-order valence-corrected chi connectivity index (χ2v) is 16.7. The number of hydrogen-bond donors (Lipinski definition) is 2. The second kappa shape index (κ2) is 20.8. The summed E-state index contributed by atoms with van der Waals surface area (Å²) in [4.78, 5) is 89.4. The number of Topliss-reactive ketones (excluding diaryl/α,β-unsaturated/α-hetero) is 1. The molecular formula is C43H50F2N4O13S. The molecular weight excluding hydrogens is 851 g/mol. The van der Waals surface area contributed by atoms with Crippen molar-refractivity contribution < 1.29 is 70.8 Å². The van der Waals surface area contributed by atoms with Crippen molar-refractivity contribution in [2.24, 2.45) is 5.73 Å². The van der Waals surface area contributed by atoms with Crippen LogP contribution in [0.15, 0.2) is 30.4 Å². The van der Waals surface area contributed by atoms with Gasteiger partial charge in [0.1, 0.15) is 17.7 Å². The van der Waals surface area contributed by atoms with Gasteiger partial charge in [-0.3, -0.25) is 38.5 Å². The number of carbonyl (C=O) groups excluding carboxylic acids is 7. The van der Waals surface area contributed by atoms with Crippen LogP contribution in [0.25, 0.3) is 10.1 Å². The van der Waals surface area contributed by atoms with Gasteiger partial charge in [0.05, 0.1) is 51.7 Å². The number of nitrogens with one attached hydrogen (secondary N) is 1. The fourth-order valence-corrected chi connectivity index (χ4v) is 7.74. The molecule has 3 N–H and O–H groups in total. The number of amides is 4. The molecule has 20 heteroatoms. The van der Waals surface area contributed by atoms with Gasteiger partial charge in [-0.1, -0.05) is 0 Å². The SMILES string of the molecule is COc1cc2c(c(F)c1OCCCOc1c(OC)cc3sc(C(=O)CCC(=O)O[C@@H](C)CNC(=O)[C@H](CN)N4C(=O)C=CC4=O)cc3c1F)CN(C(=O)CCC(=O)OC(C)(C)C)C2. The van der Waals surface area contributed by atoms with Crippen molar-refractivity contribution in [3.8, 4) is 23.0 Å². The number of carbonyl (C=O) groups is 7. The van der Waals surface area contributed by atoms with Crippen LogP contribution < -0.4 is 30.0 Å². The first-order valence-electron chi connectivity index (χ1n) is 20.0. The van der Waals surface area contributed by atoms with E-state index in [4.69, 9.17) is 34.2 Å². The third kappa shape index (κ3) is 11.9. The van der Waals surface area contributed by atoms with E-state index in [-0.39, 0.29) is 116 Å². The van der Waals surface area contributed by atoms with Crippen molar-refractivity contribution in [3.05, 3.63) is 58.0 Å². The first-order chi connectivity index (χ1) is 29.8. The number of ether oxygens (including phenoxy) is 6. The van der Waals surface area contributed by atoms with E-state index in [1.807, 2.05) is 0 Å². The molecule has 0 saturated carbocycles. The van der Waals surface area contributed by atoms with Crippen LogP contribution in [-0.4, -0.2) is 109 Å². The molecule has 3 heterocycles. The first-order valence-corrected chi connectivity index (χ1v) is 20.9. The number of esters is 2. The van der Waals surface area contributed by atoms with Gasteiger partial charge in [0.2, 0.25) is 11.8 Å². The molecule has 3 aromatic rings. The molecule has 0 aliphatic carbocycles. The predicted octanol–water partition coefficient (Wildman–Crippen LogP) is 4.27. The van der Waals surface area contributed by atoms with E-state index in [0.29, 0.717) is 10.3 Å². The Bertz CT molecular complexity index is 2290. The van der Waals surface area contributed by atoms with Crippen LogP contribution in [0, 0.1) is 11.6 Å². The molecule has 0 radical (unpaired) electrons. The van der Waals surface area contributed by atoms with Gasteiger partial charge in [-0.05, 0) is 45.4 Å². The van der Waals surface area contributed by atoms with E-state index in [9.17, 15) is 33.6 Å². The number of rotatable bonds is 21. The van der Waals surface area contributed by atoms with E-state index in [2.05, 4.69) is 5.32 Å². The predicted molar refractivity (Wildman–Crippen MR) is 222 cm³/mol. The monoisotopic (exact) mass is 900 g/mol. The zero-order valence-electron chi connectivity index (χ0n) is 35.8. The van der Waals surface area contributed by atoms with E-state index in [1.54, 1.807) is 26.8 Å². The first kappa shape index (κ1) is 47.9. The quantitative estimate of drug-likeness (QED) is 0.0661. The molecule has 0 fully saturated rings. The molecule has 340 valence electrons. The minimum absolute atomic E-state index is 0.0182. The largest absolute Gasteiger partial charge is 0.493 e. The number of hydrogen-bond acceptors (Lipinski definition) is 15. The number of methoxy groups -OCH3 is 2. The van der Waals surface area contributed by atoms with Crippen molar-refractivity contribution in [3.63, 3.8) is 0 Å². The van der Waals surface area contributed by atoms with Crippen LogP contribution in [0.1, 0.15) is 80.6 Å². The molecule has 0 bridgehead atoms. The molecule has 1 aromatic heterocycles. The molecule has 0 unspecified atom stereocenters. The highest BCUT2D eigenvalue weighted by molar-refractivity contribution is 7.20. The molecule has 2 aliphatic heterocycles. The summed E-state index contributed by atoms with van der Waals surface area (Å²) in [6.45, 7) is 6.22. The van der Waals surface area contributed by atoms with Gasteiger partial charge >= 0.3 is 11.9 Å². The molecule has 17 nitrogen and oxygen atoms in total. The maximum absolute atomic E-state index is 15.9. The Hall–Kier alpha value is -6.15. The highest BCUT2D eigenvalue weighted by Crippen LogP contribution is 2.41. The summed E-state index contributed by atoms with van der Waals surface area (Å²) in [7, 11) is 2.69. The number of imide groups is 1. The van der Waals surface area contributed by atoms with Crippen LogP contribution in [0.2, 0.25) is 0 Å². The normalized spacial score (nSPS) is 14.4. The lowest BCUT2D eigenvalue weighted by Gasteiger charge is -2.24. The van der Waals surface area contributed by atoms with Crippen LogP contribution in [0.3, 0.4) is 0 Å². The van der Waals surface area contributed by atoms with E-state index < -0.39 is 64.8 Å². The summed E-state index contributed by atoms with van der Waals surface area (Å²) >= 11 is 1.00. The Morgan fingerprint density at radius 3 is 2.10 bits per heavy atom. The van der Waals surface area contributed by atoms with Gasteiger partial charge in [-0.2, -0.15) is 0 Å². The highest BCUT2D eigenvalue weighted by Gasteiger charge is 2.35. The summed E-state index contributed by atoms with van der Waals surface area (Å²) in [6.07, 6.45) is 0.659. The number of nitrogens with two attached hydrogens (primary N) is 1. The lowest BCUT2D eigenvalue weighted by molar-refractivity contribution is -0.156. The average molecular weight is 901 g/mol. The Kier molecular flexibility index (Phi) is 15.8. The van der Waals surface area contributed by atoms with E-state index >= 15 is 8.78 Å². The van der Waals surface area contributed by atoms with Gasteiger partial charge in [0, 0.05) is 72.8 Å². The van der Waals surface area contributed by atoms with E-state index in [0.717, 1.165) is 28.4 Å². The van der Waals surface area contributed by atoms with Crippen molar-refractivity contribution in [2.75, 3.05) is 40.5 Å². The molecule has 4 amide bonds. The smallest absolute Gasteiger partial charge is 0.306 e. The molecule has 0 saturated heterocycles. The molecule has 0 spiro atoms. The maximum Gasteiger partial charge on any atom is 0.306 e. The summed E-state index contributed by atoms with van der Waals surface area (Å²) in [5.74, 6) is -5.70. The van der Waals surface area contributed by atoms with Crippen molar-refractivity contribution in [2.45, 2.75) is 90.6 Å². The molecule has 2 aromatic carbocycles. The average Bonchev–Trinajstić information content (AvgIpc) is 3.96. The van der Waals surface area contributed by atoms with Crippen molar-refractivity contribution in [1.82, 2.24) is 15.1 Å². The van der Waals surface area contributed by atoms with Crippen LogP contribution in [0.5, 0.6) is 23.0 Å².